The van der Waals surface area contributed by atoms with Gasteiger partial charge in [0.25, 0.3) is 11.6 Å². The van der Waals surface area contributed by atoms with Gasteiger partial charge in [0.2, 0.25) is 0 Å². The predicted octanol–water partition coefficient (Wildman–Crippen LogP) is 3.09. The van der Waals surface area contributed by atoms with Crippen LogP contribution in [0.2, 0.25) is 0 Å². The van der Waals surface area contributed by atoms with E-state index in [-0.39, 0.29) is 37.4 Å². The number of amides is 3. The largest absolute Gasteiger partial charge is 0.452 e. The first kappa shape index (κ1) is 31.0. The van der Waals surface area contributed by atoms with E-state index >= 15 is 4.39 Å². The lowest BCUT2D eigenvalue weighted by Gasteiger charge is -2.36. The fourth-order valence-corrected chi connectivity index (χ4v) is 4.49. The molecule has 1 atom stereocenters. The van der Waals surface area contributed by atoms with Gasteiger partial charge in [-0.25, -0.2) is 18.8 Å². The highest BCUT2D eigenvalue weighted by Gasteiger charge is 2.34. The van der Waals surface area contributed by atoms with Crippen molar-refractivity contribution in [3.05, 3.63) is 64.0 Å². The second-order valence-electron chi connectivity index (χ2n) is 10.9. The summed E-state index contributed by atoms with van der Waals surface area (Å²) >= 11 is 0. The van der Waals surface area contributed by atoms with Gasteiger partial charge in [0, 0.05) is 38.3 Å². The van der Waals surface area contributed by atoms with Crippen LogP contribution in [0.15, 0.2) is 42.5 Å². The number of rotatable bonds is 8. The van der Waals surface area contributed by atoms with Gasteiger partial charge >= 0.3 is 18.2 Å². The molecule has 3 amide bonds. The third-order valence-electron chi connectivity index (χ3n) is 6.60. The van der Waals surface area contributed by atoms with Crippen LogP contribution in [0.4, 0.5) is 31.0 Å². The van der Waals surface area contributed by atoms with Gasteiger partial charge in [-0.3, -0.25) is 19.8 Å². The highest BCUT2D eigenvalue weighted by atomic mass is 19.1. The van der Waals surface area contributed by atoms with Crippen molar-refractivity contribution in [2.75, 3.05) is 55.7 Å². The van der Waals surface area contributed by atoms with Crippen LogP contribution in [0, 0.1) is 15.9 Å². The number of nitrogens with zero attached hydrogens (tertiary/aromatic N) is 4. The summed E-state index contributed by atoms with van der Waals surface area (Å²) in [7, 11) is 0. The van der Waals surface area contributed by atoms with Crippen molar-refractivity contribution in [2.45, 2.75) is 32.5 Å². The molecule has 2 aromatic rings. The predicted molar refractivity (Wildman–Crippen MR) is 150 cm³/mol. The molecule has 0 spiro atoms. The minimum atomic E-state index is -0.781. The molecule has 14 nitrogen and oxygen atoms in total. The van der Waals surface area contributed by atoms with Crippen LogP contribution in [-0.2, 0) is 19.0 Å². The van der Waals surface area contributed by atoms with Crippen molar-refractivity contribution >= 4 is 41.1 Å². The summed E-state index contributed by atoms with van der Waals surface area (Å²) < 4.78 is 30.7. The molecule has 230 valence electrons. The Labute approximate surface area is 246 Å². The van der Waals surface area contributed by atoms with E-state index in [4.69, 9.17) is 14.2 Å². The average molecular weight is 602 g/mol. The van der Waals surface area contributed by atoms with Gasteiger partial charge in [0.1, 0.15) is 17.5 Å². The van der Waals surface area contributed by atoms with Crippen LogP contribution < -0.4 is 15.1 Å². The number of hydrogen-bond acceptors (Lipinski definition) is 10. The summed E-state index contributed by atoms with van der Waals surface area (Å²) in [6, 6.07) is 9.21. The Hall–Kier alpha value is -4.95. The Kier molecular flexibility index (Phi) is 9.31. The van der Waals surface area contributed by atoms with E-state index in [1.54, 1.807) is 37.8 Å². The van der Waals surface area contributed by atoms with E-state index in [2.05, 4.69) is 5.32 Å². The number of alkyl carbamates (subject to hydrolysis) is 1. The van der Waals surface area contributed by atoms with E-state index in [0.717, 1.165) is 0 Å². The maximum Gasteiger partial charge on any atom is 0.414 e. The summed E-state index contributed by atoms with van der Waals surface area (Å²) in [5, 5.41) is 13.3. The zero-order chi connectivity index (χ0) is 31.3. The van der Waals surface area contributed by atoms with Gasteiger partial charge < -0.3 is 29.3 Å². The van der Waals surface area contributed by atoms with Gasteiger partial charge in [-0.05, 0) is 51.1 Å². The molecule has 2 heterocycles. The van der Waals surface area contributed by atoms with Crippen LogP contribution in [0.25, 0.3) is 0 Å². The Morgan fingerprint density at radius 3 is 2.37 bits per heavy atom. The minimum Gasteiger partial charge on any atom is -0.452 e. The lowest BCUT2D eigenvalue weighted by atomic mass is 10.2. The molecule has 0 bridgehead atoms. The number of halogens is 1. The Balaban J connectivity index is 1.25. The zero-order valence-electron chi connectivity index (χ0n) is 23.9. The van der Waals surface area contributed by atoms with Crippen LogP contribution >= 0.6 is 0 Å². The smallest absolute Gasteiger partial charge is 0.414 e. The van der Waals surface area contributed by atoms with Crippen molar-refractivity contribution in [1.29, 1.82) is 0 Å². The first-order valence-electron chi connectivity index (χ1n) is 13.5. The fourth-order valence-electron chi connectivity index (χ4n) is 4.49. The number of benzene rings is 2. The van der Waals surface area contributed by atoms with Crippen LogP contribution in [-0.4, -0.2) is 91.5 Å². The number of anilines is 2. The number of hydrogen-bond donors (Lipinski definition) is 1. The molecule has 1 N–H and O–H groups in total. The molecule has 0 aromatic heterocycles. The van der Waals surface area contributed by atoms with Gasteiger partial charge in [0.15, 0.2) is 6.61 Å². The third kappa shape index (κ3) is 8.08. The number of non-ortho nitro benzene ring substituents is 1. The normalized spacial score (nSPS) is 16.9. The summed E-state index contributed by atoms with van der Waals surface area (Å²) in [4.78, 5) is 63.7. The Bertz CT molecular complexity index is 1390. The van der Waals surface area contributed by atoms with Crippen molar-refractivity contribution in [3.8, 4) is 0 Å². The molecule has 0 aliphatic carbocycles. The van der Waals surface area contributed by atoms with Gasteiger partial charge in [-0.1, -0.05) is 0 Å². The minimum absolute atomic E-state index is 0.0387. The maximum atomic E-state index is 15.2. The molecule has 1 unspecified atom stereocenters. The standard InChI is InChI=1S/C28H32FN5O9/c1-28(2,3)43-26(37)30-15-21-16-33(27(38)42-21)20-8-9-23(22(29)14-20)31-10-12-32(13-11-31)24(35)17-41-25(36)18-4-6-19(7-5-18)34(39)40/h4-9,14,21H,10-13,15-17H2,1-3H3,(H,30,37). The third-order valence-corrected chi connectivity index (χ3v) is 6.60. The van der Waals surface area contributed by atoms with E-state index < -0.39 is 53.1 Å². The highest BCUT2D eigenvalue weighted by Crippen LogP contribution is 2.28. The zero-order valence-corrected chi connectivity index (χ0v) is 23.9. The number of cyclic esters (lactones) is 1. The van der Waals surface area contributed by atoms with Gasteiger partial charge in [0.05, 0.1) is 35.0 Å². The topological polar surface area (TPSA) is 161 Å². The van der Waals surface area contributed by atoms with Gasteiger partial charge in [-0.15, -0.1) is 0 Å². The van der Waals surface area contributed by atoms with Crippen LogP contribution in [0.1, 0.15) is 31.1 Å². The Morgan fingerprint density at radius 2 is 1.77 bits per heavy atom. The average Bonchev–Trinajstić information content (AvgIpc) is 3.34. The molecule has 2 fully saturated rings. The summed E-state index contributed by atoms with van der Waals surface area (Å²) in [5.41, 5.74) is -0.158. The van der Waals surface area contributed by atoms with E-state index in [1.807, 2.05) is 0 Å². The molecule has 2 aromatic carbocycles. The second kappa shape index (κ2) is 12.9. The van der Waals surface area contributed by atoms with Crippen molar-refractivity contribution in [2.24, 2.45) is 0 Å². The Morgan fingerprint density at radius 1 is 1.09 bits per heavy atom. The van der Waals surface area contributed by atoms with E-state index in [1.165, 1.54) is 40.1 Å². The maximum absolute atomic E-state index is 15.2. The van der Waals surface area contributed by atoms with Crippen LogP contribution in [0.3, 0.4) is 0 Å². The van der Waals surface area contributed by atoms with E-state index in [9.17, 15) is 29.3 Å². The lowest BCUT2D eigenvalue weighted by Crippen LogP contribution is -2.50. The fraction of sp³-hybridized carbons (Fsp3) is 0.429. The SMILES string of the molecule is CC(C)(C)OC(=O)NCC1CN(c2ccc(N3CCN(C(=O)COC(=O)c4ccc([N+](=O)[O-])cc4)CC3)c(F)c2)C(=O)O1. The van der Waals surface area contributed by atoms with Crippen molar-refractivity contribution < 1.29 is 42.7 Å². The molecular formula is C28H32FN5O9. The lowest BCUT2D eigenvalue weighted by molar-refractivity contribution is -0.384. The quantitative estimate of drug-likeness (QED) is 0.206. The second-order valence-corrected chi connectivity index (χ2v) is 10.9. The van der Waals surface area contributed by atoms with Gasteiger partial charge in [-0.2, -0.15) is 0 Å². The van der Waals surface area contributed by atoms with Crippen LogP contribution in [0.5, 0.6) is 0 Å². The molecule has 2 saturated heterocycles. The number of nitro groups is 1. The van der Waals surface area contributed by atoms with E-state index in [0.29, 0.717) is 24.5 Å². The molecular weight excluding hydrogens is 569 g/mol. The molecule has 2 aliphatic heterocycles. The number of esters is 1. The summed E-state index contributed by atoms with van der Waals surface area (Å²) in [6.07, 6.45) is -1.94. The molecule has 0 saturated carbocycles. The number of ether oxygens (including phenoxy) is 3. The first-order chi connectivity index (χ1) is 20.3. The number of piperazine rings is 1. The van der Waals surface area contributed by atoms with Crippen molar-refractivity contribution in [1.82, 2.24) is 10.2 Å². The molecule has 43 heavy (non-hydrogen) atoms. The highest BCUT2D eigenvalue weighted by molar-refractivity contribution is 5.92. The molecule has 2 aliphatic rings. The number of carbonyl (C=O) groups excluding carboxylic acids is 4. The molecule has 4 rings (SSSR count). The first-order valence-corrected chi connectivity index (χ1v) is 13.5. The summed E-state index contributed by atoms with van der Waals surface area (Å²) in [6.45, 7) is 6.02. The number of nitrogens with one attached hydrogen (secondary N) is 1. The monoisotopic (exact) mass is 601 g/mol. The number of carbonyl (C=O) groups is 4. The van der Waals surface area contributed by atoms with Crippen molar-refractivity contribution in [3.63, 3.8) is 0 Å². The number of nitro benzene ring substituents is 1. The molecule has 15 heteroatoms. The summed E-state index contributed by atoms with van der Waals surface area (Å²) in [5.74, 6) is -1.76. The molecule has 0 radical (unpaired) electrons.